The number of anilines is 2. The summed E-state index contributed by atoms with van der Waals surface area (Å²) in [5, 5.41) is 9.13. The number of hydrogen-bond donors (Lipinski definition) is 2. The number of fused-ring (bicyclic) bond motifs is 1. The molecule has 0 atom stereocenters. The van der Waals surface area contributed by atoms with Crippen molar-refractivity contribution in [3.63, 3.8) is 0 Å². The van der Waals surface area contributed by atoms with Gasteiger partial charge in [-0.3, -0.25) is 0 Å². The summed E-state index contributed by atoms with van der Waals surface area (Å²) in [5.74, 6) is 0.933. The van der Waals surface area contributed by atoms with E-state index >= 15 is 0 Å². The number of nitrogens with two attached hydrogens (primary N) is 1. The Kier molecular flexibility index (Phi) is 5.33. The molecule has 0 aliphatic heterocycles. The predicted molar refractivity (Wildman–Crippen MR) is 117 cm³/mol. The molecule has 0 bridgehead atoms. The lowest BCUT2D eigenvalue weighted by Crippen LogP contribution is -2.10. The van der Waals surface area contributed by atoms with E-state index in [1.807, 2.05) is 55.5 Å². The molecule has 0 aliphatic rings. The van der Waals surface area contributed by atoms with Gasteiger partial charge in [-0.25, -0.2) is 9.67 Å². The van der Waals surface area contributed by atoms with Crippen molar-refractivity contribution < 1.29 is 4.74 Å². The van der Waals surface area contributed by atoms with E-state index in [0.717, 1.165) is 16.8 Å². The molecule has 0 spiro atoms. The van der Waals surface area contributed by atoms with Crippen LogP contribution in [0.4, 0.5) is 11.8 Å². The van der Waals surface area contributed by atoms with Crippen LogP contribution < -0.4 is 11.1 Å². The highest BCUT2D eigenvalue weighted by Gasteiger charge is 2.19. The first kappa shape index (κ1) is 19.2. The van der Waals surface area contributed by atoms with Crippen molar-refractivity contribution in [2.75, 3.05) is 31.3 Å². The normalized spacial score (nSPS) is 11.1. The number of halogens is 1. The highest BCUT2D eigenvalue weighted by atomic mass is 35.5. The van der Waals surface area contributed by atoms with Crippen LogP contribution in [-0.2, 0) is 4.74 Å². The van der Waals surface area contributed by atoms with Crippen molar-refractivity contribution in [3.8, 4) is 16.9 Å². The van der Waals surface area contributed by atoms with Gasteiger partial charge in [0, 0.05) is 24.2 Å². The number of ether oxygens (including phenoxy) is 1. The Morgan fingerprint density at radius 3 is 2.72 bits per heavy atom. The molecule has 2 heterocycles. The summed E-state index contributed by atoms with van der Waals surface area (Å²) in [7, 11) is 1.65. The number of nitrogen functional groups attached to an aromatic ring is 1. The summed E-state index contributed by atoms with van der Waals surface area (Å²) >= 11 is 6.22. The van der Waals surface area contributed by atoms with Crippen LogP contribution in [0.3, 0.4) is 0 Å². The number of rotatable bonds is 6. The summed E-state index contributed by atoms with van der Waals surface area (Å²) in [4.78, 5) is 9.26. The van der Waals surface area contributed by atoms with Gasteiger partial charge in [0.1, 0.15) is 5.82 Å². The summed E-state index contributed by atoms with van der Waals surface area (Å²) in [5.41, 5.74) is 10.5. The fourth-order valence-electron chi connectivity index (χ4n) is 3.16. The first-order chi connectivity index (χ1) is 14.1. The van der Waals surface area contributed by atoms with Crippen LogP contribution >= 0.6 is 11.6 Å². The number of nitrogens with zero attached hydrogens (tertiary/aromatic N) is 4. The van der Waals surface area contributed by atoms with Gasteiger partial charge < -0.3 is 15.8 Å². The van der Waals surface area contributed by atoms with Crippen molar-refractivity contribution in [2.45, 2.75) is 6.92 Å². The second-order valence-electron chi connectivity index (χ2n) is 6.66. The lowest BCUT2D eigenvalue weighted by Gasteiger charge is -2.08. The number of aromatic nitrogens is 4. The summed E-state index contributed by atoms with van der Waals surface area (Å²) in [6.45, 7) is 3.14. The largest absolute Gasteiger partial charge is 0.383 e. The topological polar surface area (TPSA) is 90.9 Å². The lowest BCUT2D eigenvalue weighted by molar-refractivity contribution is 0.210. The van der Waals surface area contributed by atoms with E-state index in [-0.39, 0.29) is 0 Å². The molecule has 4 aromatic rings. The molecular formula is C21H21ClN6O. The molecule has 0 saturated heterocycles. The third-order valence-electron chi connectivity index (χ3n) is 4.50. The van der Waals surface area contributed by atoms with Crippen LogP contribution in [0, 0.1) is 6.92 Å². The summed E-state index contributed by atoms with van der Waals surface area (Å²) in [6, 6.07) is 15.5. The zero-order chi connectivity index (χ0) is 20.4. The van der Waals surface area contributed by atoms with Gasteiger partial charge >= 0.3 is 0 Å². The molecule has 0 fully saturated rings. The van der Waals surface area contributed by atoms with Crippen molar-refractivity contribution in [2.24, 2.45) is 0 Å². The van der Waals surface area contributed by atoms with Crippen molar-refractivity contribution in [1.82, 2.24) is 19.7 Å². The van der Waals surface area contributed by atoms with Crippen LogP contribution in [0.2, 0.25) is 5.02 Å². The Balaban J connectivity index is 1.92. The third kappa shape index (κ3) is 3.87. The molecule has 4 rings (SSSR count). The van der Waals surface area contributed by atoms with Gasteiger partial charge in [0.15, 0.2) is 5.65 Å². The van der Waals surface area contributed by atoms with Gasteiger partial charge in [-0.15, -0.1) is 5.10 Å². The number of nitrogens with one attached hydrogen (secondary N) is 1. The Labute approximate surface area is 173 Å². The van der Waals surface area contributed by atoms with E-state index in [2.05, 4.69) is 15.4 Å². The maximum absolute atomic E-state index is 6.52. The third-order valence-corrected chi connectivity index (χ3v) is 4.74. The minimum atomic E-state index is 0.457. The minimum absolute atomic E-state index is 0.457. The molecule has 8 heteroatoms. The van der Waals surface area contributed by atoms with Crippen molar-refractivity contribution in [3.05, 3.63) is 59.1 Å². The molecule has 7 nitrogen and oxygen atoms in total. The highest BCUT2D eigenvalue weighted by molar-refractivity contribution is 6.30. The Bertz CT molecular complexity index is 1170. The van der Waals surface area contributed by atoms with E-state index in [9.17, 15) is 0 Å². The van der Waals surface area contributed by atoms with Gasteiger partial charge in [0.05, 0.1) is 23.4 Å². The van der Waals surface area contributed by atoms with Gasteiger partial charge in [-0.2, -0.15) is 4.98 Å². The molecule has 0 amide bonds. The van der Waals surface area contributed by atoms with E-state index in [1.54, 1.807) is 11.8 Å². The fourth-order valence-corrected chi connectivity index (χ4v) is 3.35. The Morgan fingerprint density at radius 2 is 1.97 bits per heavy atom. The van der Waals surface area contributed by atoms with E-state index in [1.165, 1.54) is 0 Å². The maximum Gasteiger partial charge on any atom is 0.225 e. The molecule has 0 saturated carbocycles. The van der Waals surface area contributed by atoms with Gasteiger partial charge in [-0.1, -0.05) is 35.9 Å². The van der Waals surface area contributed by atoms with E-state index < -0.39 is 0 Å². The van der Waals surface area contributed by atoms with Crippen molar-refractivity contribution in [1.29, 1.82) is 0 Å². The minimum Gasteiger partial charge on any atom is -0.383 e. The Hall–Kier alpha value is -3.16. The highest BCUT2D eigenvalue weighted by Crippen LogP contribution is 2.33. The standard InChI is InChI=1S/C21H21ClN6O/c1-13-5-3-8-16(11-13)28-19(23)17-18(14-6-4-7-15(22)12-14)25-21(24-9-10-29-2)26-20(17)27-28/h3-8,11-12H,9-10,23H2,1-2H3,(H,24,26,27). The monoisotopic (exact) mass is 408 g/mol. The smallest absolute Gasteiger partial charge is 0.225 e. The molecule has 2 aromatic heterocycles. The van der Waals surface area contributed by atoms with Crippen LogP contribution in [0.25, 0.3) is 28.0 Å². The van der Waals surface area contributed by atoms with Crippen LogP contribution in [0.5, 0.6) is 0 Å². The second-order valence-corrected chi connectivity index (χ2v) is 7.10. The number of benzene rings is 2. The SMILES string of the molecule is COCCNc1nc(-c2cccc(Cl)c2)c2c(N)n(-c3cccc(C)c3)nc2n1. The zero-order valence-electron chi connectivity index (χ0n) is 16.2. The molecular weight excluding hydrogens is 388 g/mol. The first-order valence-electron chi connectivity index (χ1n) is 9.19. The Morgan fingerprint density at radius 1 is 1.14 bits per heavy atom. The quantitative estimate of drug-likeness (QED) is 0.467. The maximum atomic E-state index is 6.52. The average molecular weight is 409 g/mol. The molecule has 2 aromatic carbocycles. The van der Waals surface area contributed by atoms with Gasteiger partial charge in [0.2, 0.25) is 5.95 Å². The second kappa shape index (κ2) is 8.06. The van der Waals surface area contributed by atoms with Gasteiger partial charge in [0.25, 0.3) is 0 Å². The van der Waals surface area contributed by atoms with Crippen LogP contribution in [0.15, 0.2) is 48.5 Å². The molecule has 148 valence electrons. The predicted octanol–water partition coefficient (Wildman–Crippen LogP) is 4.08. The van der Waals surface area contributed by atoms with Crippen LogP contribution in [0.1, 0.15) is 5.56 Å². The van der Waals surface area contributed by atoms with E-state index in [0.29, 0.717) is 46.7 Å². The molecule has 29 heavy (non-hydrogen) atoms. The number of aryl methyl sites for hydroxylation is 1. The van der Waals surface area contributed by atoms with Crippen LogP contribution in [-0.4, -0.2) is 40.0 Å². The molecule has 3 N–H and O–H groups in total. The zero-order valence-corrected chi connectivity index (χ0v) is 16.9. The molecule has 0 aliphatic carbocycles. The fraction of sp³-hybridized carbons (Fsp3) is 0.190. The summed E-state index contributed by atoms with van der Waals surface area (Å²) < 4.78 is 6.79. The number of methoxy groups -OCH3 is 1. The van der Waals surface area contributed by atoms with Crippen molar-refractivity contribution >= 4 is 34.4 Å². The molecule has 0 unspecified atom stereocenters. The average Bonchev–Trinajstić information content (AvgIpc) is 3.04. The van der Waals surface area contributed by atoms with Gasteiger partial charge in [-0.05, 0) is 36.8 Å². The summed E-state index contributed by atoms with van der Waals surface area (Å²) in [6.07, 6.45) is 0. The van der Waals surface area contributed by atoms with E-state index in [4.69, 9.17) is 27.1 Å². The number of hydrogen-bond acceptors (Lipinski definition) is 6. The lowest BCUT2D eigenvalue weighted by atomic mass is 10.1. The molecule has 0 radical (unpaired) electrons. The first-order valence-corrected chi connectivity index (χ1v) is 9.56.